The minimum Gasteiger partial charge on any atom is -0.312 e. The third kappa shape index (κ3) is 4.04. The minimum atomic E-state index is -0.0570. The highest BCUT2D eigenvalue weighted by molar-refractivity contribution is 7.15. The molecule has 1 fully saturated rings. The van der Waals surface area contributed by atoms with Crippen molar-refractivity contribution in [1.29, 1.82) is 0 Å². The number of likely N-dealkylation sites (N-methyl/N-ethyl adjacent to an activating group) is 1. The molecule has 1 aromatic heterocycles. The van der Waals surface area contributed by atoms with Gasteiger partial charge in [-0.3, -0.25) is 14.5 Å². The van der Waals surface area contributed by atoms with E-state index in [1.54, 1.807) is 11.3 Å². The van der Waals surface area contributed by atoms with Crippen molar-refractivity contribution < 1.29 is 9.59 Å². The average molecular weight is 385 g/mol. The van der Waals surface area contributed by atoms with E-state index in [2.05, 4.69) is 22.1 Å². The molecule has 0 spiro atoms. The van der Waals surface area contributed by atoms with E-state index in [0.29, 0.717) is 18.0 Å². The number of nitrogens with zero attached hydrogens (tertiary/aromatic N) is 3. The lowest BCUT2D eigenvalue weighted by Gasteiger charge is -2.23. The van der Waals surface area contributed by atoms with Crippen LogP contribution in [0.2, 0.25) is 0 Å². The van der Waals surface area contributed by atoms with Gasteiger partial charge in [0.1, 0.15) is 0 Å². The molecule has 27 heavy (non-hydrogen) atoms. The molecule has 2 aromatic rings. The van der Waals surface area contributed by atoms with Crippen LogP contribution in [0.15, 0.2) is 24.3 Å². The van der Waals surface area contributed by atoms with E-state index in [9.17, 15) is 9.59 Å². The predicted molar refractivity (Wildman–Crippen MR) is 107 cm³/mol. The number of thiazole rings is 1. The third-order valence-corrected chi connectivity index (χ3v) is 6.19. The highest BCUT2D eigenvalue weighted by Crippen LogP contribution is 2.28. The maximum Gasteiger partial charge on any atom is 0.230 e. The largest absolute Gasteiger partial charge is 0.312 e. The fraction of sp³-hybridized carbons (Fsp3) is 0.450. The molecule has 7 heteroatoms. The molecule has 0 unspecified atom stereocenters. The minimum absolute atomic E-state index is 0.0570. The molecule has 1 aromatic carbocycles. The SMILES string of the molecule is CCN1CCc2nc(NC(=O)Cc3ccc(N4CCCC4=O)cc3)sc2C1. The van der Waals surface area contributed by atoms with Crippen LogP contribution < -0.4 is 10.2 Å². The van der Waals surface area contributed by atoms with E-state index in [-0.39, 0.29) is 11.8 Å². The number of hydrogen-bond donors (Lipinski definition) is 1. The van der Waals surface area contributed by atoms with Crippen molar-refractivity contribution in [3.8, 4) is 0 Å². The number of nitrogens with one attached hydrogen (secondary N) is 1. The molecule has 0 aliphatic carbocycles. The lowest BCUT2D eigenvalue weighted by molar-refractivity contribution is -0.117. The van der Waals surface area contributed by atoms with Gasteiger partial charge in [0.15, 0.2) is 5.13 Å². The Morgan fingerprint density at radius 2 is 2.04 bits per heavy atom. The summed E-state index contributed by atoms with van der Waals surface area (Å²) in [5, 5.41) is 3.64. The van der Waals surface area contributed by atoms with Crippen molar-refractivity contribution >= 4 is 34.0 Å². The number of amides is 2. The van der Waals surface area contributed by atoms with E-state index >= 15 is 0 Å². The van der Waals surface area contributed by atoms with Gasteiger partial charge >= 0.3 is 0 Å². The summed E-state index contributed by atoms with van der Waals surface area (Å²) in [4.78, 5) is 34.3. The van der Waals surface area contributed by atoms with Crippen LogP contribution in [0.25, 0.3) is 0 Å². The van der Waals surface area contributed by atoms with Gasteiger partial charge in [-0.15, -0.1) is 11.3 Å². The Morgan fingerprint density at radius 3 is 2.74 bits per heavy atom. The quantitative estimate of drug-likeness (QED) is 0.861. The van der Waals surface area contributed by atoms with Crippen LogP contribution >= 0.6 is 11.3 Å². The van der Waals surface area contributed by atoms with E-state index < -0.39 is 0 Å². The summed E-state index contributed by atoms with van der Waals surface area (Å²) in [6.07, 6.45) is 2.79. The normalized spacial score (nSPS) is 17.2. The summed E-state index contributed by atoms with van der Waals surface area (Å²) in [5.41, 5.74) is 2.97. The lowest BCUT2D eigenvalue weighted by atomic mass is 10.1. The first-order valence-electron chi connectivity index (χ1n) is 9.52. The maximum absolute atomic E-state index is 12.4. The van der Waals surface area contributed by atoms with Crippen LogP contribution in [0, 0.1) is 0 Å². The summed E-state index contributed by atoms with van der Waals surface area (Å²) in [6.45, 7) is 5.95. The number of aromatic nitrogens is 1. The molecule has 3 heterocycles. The molecule has 2 aliphatic rings. The molecular formula is C20H24N4O2S. The van der Waals surface area contributed by atoms with E-state index in [0.717, 1.165) is 56.0 Å². The van der Waals surface area contributed by atoms with Gasteiger partial charge in [-0.05, 0) is 30.7 Å². The number of carbonyl (C=O) groups excluding carboxylic acids is 2. The second-order valence-electron chi connectivity index (χ2n) is 7.05. The Hall–Kier alpha value is -2.25. The fourth-order valence-electron chi connectivity index (χ4n) is 3.64. The van der Waals surface area contributed by atoms with Gasteiger partial charge < -0.3 is 10.2 Å². The van der Waals surface area contributed by atoms with Crippen LogP contribution in [-0.2, 0) is 29.0 Å². The first-order chi connectivity index (χ1) is 13.1. The standard InChI is InChI=1S/C20H24N4O2S/c1-2-23-11-9-16-17(13-23)27-20(21-16)22-18(25)12-14-5-7-15(8-6-14)24-10-3-4-19(24)26/h5-8H,2-4,9-13H2,1H3,(H,21,22,25). The smallest absolute Gasteiger partial charge is 0.230 e. The van der Waals surface area contributed by atoms with E-state index in [4.69, 9.17) is 0 Å². The third-order valence-electron chi connectivity index (χ3n) is 5.19. The van der Waals surface area contributed by atoms with E-state index in [1.165, 1.54) is 4.88 Å². The van der Waals surface area contributed by atoms with Crippen molar-refractivity contribution in [3.63, 3.8) is 0 Å². The topological polar surface area (TPSA) is 65.5 Å². The van der Waals surface area contributed by atoms with Gasteiger partial charge in [0.2, 0.25) is 11.8 Å². The number of hydrogen-bond acceptors (Lipinski definition) is 5. The van der Waals surface area contributed by atoms with Crippen molar-refractivity contribution in [3.05, 3.63) is 40.4 Å². The Balaban J connectivity index is 1.36. The summed E-state index contributed by atoms with van der Waals surface area (Å²) < 4.78 is 0. The van der Waals surface area contributed by atoms with Gasteiger partial charge in [-0.2, -0.15) is 0 Å². The molecule has 2 aliphatic heterocycles. The summed E-state index contributed by atoms with van der Waals surface area (Å²) >= 11 is 1.58. The number of rotatable bonds is 5. The van der Waals surface area contributed by atoms with Crippen LogP contribution in [0.4, 0.5) is 10.8 Å². The maximum atomic E-state index is 12.4. The molecule has 0 bridgehead atoms. The van der Waals surface area contributed by atoms with Gasteiger partial charge in [-0.1, -0.05) is 19.1 Å². The van der Waals surface area contributed by atoms with Crippen molar-refractivity contribution in [2.75, 3.05) is 29.9 Å². The molecular weight excluding hydrogens is 360 g/mol. The molecule has 1 N–H and O–H groups in total. The van der Waals surface area contributed by atoms with E-state index in [1.807, 2.05) is 29.2 Å². The molecule has 6 nitrogen and oxygen atoms in total. The first kappa shape index (κ1) is 18.1. The molecule has 142 valence electrons. The molecule has 0 saturated carbocycles. The van der Waals surface area contributed by atoms with Gasteiger partial charge in [0.25, 0.3) is 0 Å². The highest BCUT2D eigenvalue weighted by atomic mass is 32.1. The first-order valence-corrected chi connectivity index (χ1v) is 10.3. The number of carbonyl (C=O) groups is 2. The molecule has 0 atom stereocenters. The Labute approximate surface area is 163 Å². The Morgan fingerprint density at radius 1 is 1.22 bits per heavy atom. The molecule has 0 radical (unpaired) electrons. The Kier molecular flexibility index (Phi) is 5.22. The zero-order valence-electron chi connectivity index (χ0n) is 15.5. The predicted octanol–water partition coefficient (Wildman–Crippen LogP) is 2.83. The van der Waals surface area contributed by atoms with Crippen molar-refractivity contribution in [1.82, 2.24) is 9.88 Å². The van der Waals surface area contributed by atoms with Gasteiger partial charge in [0, 0.05) is 43.0 Å². The van der Waals surface area contributed by atoms with Crippen molar-refractivity contribution in [2.24, 2.45) is 0 Å². The lowest BCUT2D eigenvalue weighted by Crippen LogP contribution is -2.29. The second kappa shape index (κ2) is 7.78. The second-order valence-corrected chi connectivity index (χ2v) is 8.13. The van der Waals surface area contributed by atoms with Crippen LogP contribution in [-0.4, -0.2) is 41.3 Å². The summed E-state index contributed by atoms with van der Waals surface area (Å²) in [5.74, 6) is 0.119. The fourth-order valence-corrected chi connectivity index (χ4v) is 4.70. The zero-order chi connectivity index (χ0) is 18.8. The Bertz CT molecular complexity index is 846. The van der Waals surface area contributed by atoms with Crippen LogP contribution in [0.5, 0.6) is 0 Å². The average Bonchev–Trinajstić information content (AvgIpc) is 3.27. The summed E-state index contributed by atoms with van der Waals surface area (Å²) in [7, 11) is 0. The van der Waals surface area contributed by atoms with Crippen molar-refractivity contribution in [2.45, 2.75) is 39.2 Å². The molecule has 1 saturated heterocycles. The van der Waals surface area contributed by atoms with Gasteiger partial charge in [0.05, 0.1) is 12.1 Å². The van der Waals surface area contributed by atoms with Gasteiger partial charge in [-0.25, -0.2) is 4.98 Å². The number of anilines is 2. The molecule has 2 amide bonds. The zero-order valence-corrected chi connectivity index (χ0v) is 16.3. The monoisotopic (exact) mass is 384 g/mol. The highest BCUT2D eigenvalue weighted by Gasteiger charge is 2.22. The number of fused-ring (bicyclic) bond motifs is 1. The van der Waals surface area contributed by atoms with Crippen LogP contribution in [0.3, 0.4) is 0 Å². The molecule has 4 rings (SSSR count). The summed E-state index contributed by atoms with van der Waals surface area (Å²) in [6, 6.07) is 7.69. The number of benzene rings is 1. The van der Waals surface area contributed by atoms with Crippen LogP contribution in [0.1, 0.15) is 35.9 Å².